The van der Waals surface area contributed by atoms with Gasteiger partial charge in [0.1, 0.15) is 11.0 Å². The lowest BCUT2D eigenvalue weighted by atomic mass is 10.2. The van der Waals surface area contributed by atoms with Crippen LogP contribution in [0.15, 0.2) is 46.5 Å². The van der Waals surface area contributed by atoms with E-state index in [-0.39, 0.29) is 17.2 Å². The van der Waals surface area contributed by atoms with Gasteiger partial charge in [0.2, 0.25) is 5.16 Å². The van der Waals surface area contributed by atoms with Crippen LogP contribution in [0.3, 0.4) is 0 Å². The minimum absolute atomic E-state index is 0.0886. The molecule has 0 atom stereocenters. The zero-order valence-electron chi connectivity index (χ0n) is 15.3. The van der Waals surface area contributed by atoms with E-state index in [4.69, 9.17) is 4.98 Å². The van der Waals surface area contributed by atoms with Gasteiger partial charge in [0.15, 0.2) is 11.2 Å². The second-order valence-corrected chi connectivity index (χ2v) is 8.19. The van der Waals surface area contributed by atoms with Gasteiger partial charge in [0.25, 0.3) is 0 Å². The summed E-state index contributed by atoms with van der Waals surface area (Å²) in [5, 5.41) is 21.6. The first kappa shape index (κ1) is 17.9. The summed E-state index contributed by atoms with van der Waals surface area (Å²) in [5.41, 5.74) is 3.14. The van der Waals surface area contributed by atoms with E-state index >= 15 is 0 Å². The van der Waals surface area contributed by atoms with Gasteiger partial charge in [-0.2, -0.15) is 8.75 Å². The molecule has 2 aromatic carbocycles. The molecule has 0 N–H and O–H groups in total. The van der Waals surface area contributed by atoms with E-state index in [2.05, 4.69) is 37.4 Å². The Bertz CT molecular complexity index is 1410. The highest BCUT2D eigenvalue weighted by Gasteiger charge is 2.24. The summed E-state index contributed by atoms with van der Waals surface area (Å²) in [4.78, 5) is 16.3. The van der Waals surface area contributed by atoms with Crippen LogP contribution in [0.4, 0.5) is 5.69 Å². The molecular weight excluding hydrogens is 410 g/mol. The Morgan fingerprint density at radius 1 is 1.10 bits per heavy atom. The van der Waals surface area contributed by atoms with Crippen LogP contribution in [0, 0.1) is 10.1 Å². The molecule has 0 aliphatic carbocycles. The van der Waals surface area contributed by atoms with Crippen molar-refractivity contribution in [3.05, 3.63) is 46.5 Å². The highest BCUT2D eigenvalue weighted by molar-refractivity contribution is 7.99. The fraction of sp³-hybridized carbons (Fsp3) is 0.167. The minimum Gasteiger partial charge on any atom is -0.321 e. The Morgan fingerprint density at radius 2 is 1.93 bits per heavy atom. The summed E-state index contributed by atoms with van der Waals surface area (Å²) in [5.74, 6) is 0. The summed E-state index contributed by atoms with van der Waals surface area (Å²) >= 11 is 2.05. The van der Waals surface area contributed by atoms with Gasteiger partial charge in [-0.1, -0.05) is 18.2 Å². The van der Waals surface area contributed by atoms with E-state index in [9.17, 15) is 10.1 Å². The fourth-order valence-corrected chi connectivity index (χ4v) is 4.74. The normalized spacial score (nSPS) is 11.8. The lowest BCUT2D eigenvalue weighted by molar-refractivity contribution is -0.386. The maximum Gasteiger partial charge on any atom is 0.312 e. The van der Waals surface area contributed by atoms with Gasteiger partial charge in [0, 0.05) is 11.4 Å². The topological polar surface area (TPSA) is 113 Å². The van der Waals surface area contributed by atoms with Crippen molar-refractivity contribution in [1.29, 1.82) is 0 Å². The fourth-order valence-electron chi connectivity index (χ4n) is 3.39. The highest BCUT2D eigenvalue weighted by atomic mass is 32.2. The molecule has 29 heavy (non-hydrogen) atoms. The Labute approximate surface area is 172 Å². The summed E-state index contributed by atoms with van der Waals surface area (Å²) in [6.07, 6.45) is 0. The average molecular weight is 423 g/mol. The number of benzene rings is 2. The van der Waals surface area contributed by atoms with Crippen LogP contribution < -0.4 is 0 Å². The molecule has 144 valence electrons. The van der Waals surface area contributed by atoms with Gasteiger partial charge in [-0.15, -0.1) is 10.2 Å². The number of nitrogens with zero attached hydrogens (tertiary/aromatic N) is 7. The van der Waals surface area contributed by atoms with Crippen LogP contribution >= 0.6 is 23.5 Å². The minimum atomic E-state index is -0.441. The third kappa shape index (κ3) is 2.81. The molecule has 0 aliphatic rings. The van der Waals surface area contributed by atoms with E-state index in [0.717, 1.165) is 34.4 Å². The summed E-state index contributed by atoms with van der Waals surface area (Å²) in [7, 11) is 0. The largest absolute Gasteiger partial charge is 0.321 e. The molecule has 0 bridgehead atoms. The third-order valence-electron chi connectivity index (χ3n) is 4.56. The van der Waals surface area contributed by atoms with Gasteiger partial charge in [-0.05, 0) is 43.8 Å². The van der Waals surface area contributed by atoms with Crippen LogP contribution in [-0.4, -0.2) is 33.4 Å². The van der Waals surface area contributed by atoms with Crippen molar-refractivity contribution in [2.75, 3.05) is 0 Å². The second-order valence-electron chi connectivity index (χ2n) is 6.65. The molecule has 11 heteroatoms. The van der Waals surface area contributed by atoms with Crippen LogP contribution in [0.25, 0.3) is 33.1 Å². The molecule has 0 radical (unpaired) electrons. The number of aromatic nitrogens is 6. The number of hydrogen-bond acceptors (Lipinski definition) is 9. The Morgan fingerprint density at radius 3 is 2.72 bits per heavy atom. The molecule has 0 fully saturated rings. The lowest BCUT2D eigenvalue weighted by Crippen LogP contribution is -2.03. The van der Waals surface area contributed by atoms with Gasteiger partial charge >= 0.3 is 5.69 Å². The molecule has 5 rings (SSSR count). The van der Waals surface area contributed by atoms with E-state index in [1.54, 1.807) is 12.1 Å². The first-order valence-electron chi connectivity index (χ1n) is 8.75. The molecule has 9 nitrogen and oxygen atoms in total. The van der Waals surface area contributed by atoms with Crippen LogP contribution in [0.2, 0.25) is 0 Å². The number of nitro benzene ring substituents is 1. The summed E-state index contributed by atoms with van der Waals surface area (Å²) in [6.45, 7) is 4.16. The number of fused-ring (bicyclic) bond motifs is 4. The molecule has 0 aliphatic heterocycles. The third-order valence-corrected chi connectivity index (χ3v) is 6.01. The SMILES string of the molecule is CC(C)n1c2ccccc2c2nnc(Sc3ccc4nsnc4c3[N+](=O)[O-])nc21. The molecule has 5 aromatic rings. The van der Waals surface area contributed by atoms with Crippen LogP contribution in [0.5, 0.6) is 0 Å². The van der Waals surface area contributed by atoms with Crippen molar-refractivity contribution in [1.82, 2.24) is 28.5 Å². The smallest absolute Gasteiger partial charge is 0.312 e. The van der Waals surface area contributed by atoms with Gasteiger partial charge < -0.3 is 4.57 Å². The second kappa shape index (κ2) is 6.71. The molecule has 3 heterocycles. The van der Waals surface area contributed by atoms with Crippen LogP contribution in [0.1, 0.15) is 19.9 Å². The van der Waals surface area contributed by atoms with Crippen molar-refractivity contribution in [3.8, 4) is 0 Å². The Balaban J connectivity index is 1.68. The Hall–Kier alpha value is -3.18. The molecule has 0 saturated carbocycles. The molecular formula is C18H13N7O2S2. The maximum atomic E-state index is 11.7. The van der Waals surface area contributed by atoms with Crippen molar-refractivity contribution in [2.45, 2.75) is 29.9 Å². The quantitative estimate of drug-likeness (QED) is 0.304. The molecule has 0 unspecified atom stereocenters. The van der Waals surface area contributed by atoms with Crippen molar-refractivity contribution >= 4 is 62.3 Å². The van der Waals surface area contributed by atoms with E-state index in [1.807, 2.05) is 24.3 Å². The molecule has 0 spiro atoms. The van der Waals surface area contributed by atoms with Crippen LogP contribution in [-0.2, 0) is 0 Å². The highest BCUT2D eigenvalue weighted by Crippen LogP contribution is 2.38. The predicted octanol–water partition coefficient (Wildman–Crippen LogP) is 4.62. The zero-order valence-corrected chi connectivity index (χ0v) is 16.9. The van der Waals surface area contributed by atoms with Gasteiger partial charge in [0.05, 0.1) is 27.1 Å². The monoisotopic (exact) mass is 423 g/mol. The number of nitro groups is 1. The predicted molar refractivity (Wildman–Crippen MR) is 111 cm³/mol. The average Bonchev–Trinajstić information content (AvgIpc) is 3.29. The first-order chi connectivity index (χ1) is 14.0. The van der Waals surface area contributed by atoms with Gasteiger partial charge in [-0.3, -0.25) is 10.1 Å². The van der Waals surface area contributed by atoms with E-state index in [1.165, 1.54) is 0 Å². The number of hydrogen-bond donors (Lipinski definition) is 0. The van der Waals surface area contributed by atoms with Crippen molar-refractivity contribution in [2.24, 2.45) is 0 Å². The zero-order chi connectivity index (χ0) is 20.1. The van der Waals surface area contributed by atoms with E-state index in [0.29, 0.717) is 26.7 Å². The Kier molecular flexibility index (Phi) is 4.14. The maximum absolute atomic E-state index is 11.7. The molecule has 0 amide bonds. The first-order valence-corrected chi connectivity index (χ1v) is 10.3. The van der Waals surface area contributed by atoms with Gasteiger partial charge in [-0.25, -0.2) is 4.98 Å². The molecule has 0 saturated heterocycles. The lowest BCUT2D eigenvalue weighted by Gasteiger charge is -2.10. The standard InChI is InChI=1S/C18H13N7O2S2/c1-9(2)24-12-6-4-3-5-10(12)14-17(24)19-18(21-20-14)28-13-8-7-11-15(23-29-22-11)16(13)25(26)27/h3-9H,1-2H3. The molecule has 3 aromatic heterocycles. The van der Waals surface area contributed by atoms with Crippen molar-refractivity contribution < 1.29 is 4.92 Å². The number of rotatable bonds is 4. The summed E-state index contributed by atoms with van der Waals surface area (Å²) in [6, 6.07) is 11.5. The number of para-hydroxylation sites is 1. The summed E-state index contributed by atoms with van der Waals surface area (Å²) < 4.78 is 10.3. The van der Waals surface area contributed by atoms with E-state index < -0.39 is 4.92 Å². The van der Waals surface area contributed by atoms with Crippen molar-refractivity contribution in [3.63, 3.8) is 0 Å².